The molecule has 0 aliphatic heterocycles. The molecular formula is C11H23ClN2O2. The normalized spacial score (nSPS) is 25.9. The Balaban J connectivity index is 0.00000225. The molecule has 0 spiro atoms. The first-order valence-electron chi connectivity index (χ1n) is 5.81. The summed E-state index contributed by atoms with van der Waals surface area (Å²) in [5, 5.41) is 3.02. The lowest BCUT2D eigenvalue weighted by Crippen LogP contribution is -2.44. The van der Waals surface area contributed by atoms with Gasteiger partial charge in [0.05, 0.1) is 0 Å². The summed E-state index contributed by atoms with van der Waals surface area (Å²) < 4.78 is 5.24. The van der Waals surface area contributed by atoms with Crippen molar-refractivity contribution in [2.75, 3.05) is 13.2 Å². The number of rotatable bonds is 5. The minimum atomic E-state index is -0.353. The second-order valence-corrected chi connectivity index (χ2v) is 4.14. The molecule has 0 saturated heterocycles. The van der Waals surface area contributed by atoms with Crippen molar-refractivity contribution in [2.45, 2.75) is 45.3 Å². The van der Waals surface area contributed by atoms with Crippen molar-refractivity contribution >= 4 is 18.3 Å². The number of hydrogen-bond donors (Lipinski definition) is 2. The molecular weight excluding hydrogens is 228 g/mol. The highest BCUT2D eigenvalue weighted by Crippen LogP contribution is 2.24. The third-order valence-corrected chi connectivity index (χ3v) is 3.08. The van der Waals surface area contributed by atoms with Gasteiger partial charge in [-0.2, -0.15) is 0 Å². The van der Waals surface area contributed by atoms with Crippen LogP contribution >= 0.6 is 12.4 Å². The van der Waals surface area contributed by atoms with Gasteiger partial charge in [-0.3, -0.25) is 4.79 Å². The summed E-state index contributed by atoms with van der Waals surface area (Å²) in [4.78, 5) is 11.7. The van der Waals surface area contributed by atoms with Gasteiger partial charge in [-0.1, -0.05) is 6.42 Å². The van der Waals surface area contributed by atoms with Crippen LogP contribution in [0.1, 0.15) is 33.1 Å². The van der Waals surface area contributed by atoms with Crippen molar-refractivity contribution in [1.82, 2.24) is 5.32 Å². The minimum Gasteiger partial charge on any atom is -0.369 e. The van der Waals surface area contributed by atoms with Gasteiger partial charge in [0.2, 0.25) is 5.91 Å². The molecule has 5 heteroatoms. The van der Waals surface area contributed by atoms with E-state index in [1.165, 1.54) is 0 Å². The van der Waals surface area contributed by atoms with E-state index >= 15 is 0 Å². The lowest BCUT2D eigenvalue weighted by Gasteiger charge is -2.21. The maximum absolute atomic E-state index is 11.7. The number of nitrogens with one attached hydrogen (secondary N) is 1. The quantitative estimate of drug-likeness (QED) is 0.768. The van der Waals surface area contributed by atoms with Crippen molar-refractivity contribution in [3.63, 3.8) is 0 Å². The molecule has 1 aliphatic carbocycles. The monoisotopic (exact) mass is 250 g/mol. The smallest absolute Gasteiger partial charge is 0.249 e. The Labute approximate surface area is 104 Å². The fraction of sp³-hybridized carbons (Fsp3) is 0.909. The third kappa shape index (κ3) is 4.28. The highest BCUT2D eigenvalue weighted by atomic mass is 35.5. The molecule has 1 saturated carbocycles. The number of amides is 1. The van der Waals surface area contributed by atoms with Gasteiger partial charge in [-0.25, -0.2) is 0 Å². The summed E-state index contributed by atoms with van der Waals surface area (Å²) >= 11 is 0. The molecule has 3 N–H and O–H groups in total. The number of halogens is 1. The van der Waals surface area contributed by atoms with Gasteiger partial charge in [-0.05, 0) is 39.2 Å². The van der Waals surface area contributed by atoms with Crippen molar-refractivity contribution in [1.29, 1.82) is 0 Å². The minimum absolute atomic E-state index is 0. The average Bonchev–Trinajstić information content (AvgIpc) is 2.65. The molecule has 0 bridgehead atoms. The predicted molar refractivity (Wildman–Crippen MR) is 66.7 cm³/mol. The average molecular weight is 251 g/mol. The summed E-state index contributed by atoms with van der Waals surface area (Å²) in [6.07, 6.45) is 2.99. The van der Waals surface area contributed by atoms with Crippen LogP contribution in [-0.2, 0) is 9.53 Å². The molecule has 96 valence electrons. The lowest BCUT2D eigenvalue weighted by molar-refractivity contribution is -0.132. The van der Waals surface area contributed by atoms with E-state index in [0.717, 1.165) is 19.3 Å². The van der Waals surface area contributed by atoms with E-state index in [1.807, 2.05) is 6.92 Å². The third-order valence-electron chi connectivity index (χ3n) is 3.08. The van der Waals surface area contributed by atoms with Gasteiger partial charge < -0.3 is 15.8 Å². The fourth-order valence-corrected chi connectivity index (χ4v) is 2.13. The summed E-state index contributed by atoms with van der Waals surface area (Å²) in [5.41, 5.74) is 5.65. The predicted octanol–water partition coefficient (Wildman–Crippen LogP) is 1.08. The number of hydrogen-bond acceptors (Lipinski definition) is 3. The standard InChI is InChI=1S/C11H22N2O2.ClH/c1-3-15-8(2)11(14)13-10-6-4-5-9(10)7-12;/h8-10H,3-7,12H2,1-2H3,(H,13,14);1H. The molecule has 0 aromatic heterocycles. The Bertz CT molecular complexity index is 214. The summed E-state index contributed by atoms with van der Waals surface area (Å²) in [6, 6.07) is 0.255. The molecule has 1 rings (SSSR count). The molecule has 0 radical (unpaired) electrons. The second kappa shape index (κ2) is 7.87. The van der Waals surface area contributed by atoms with Crippen molar-refractivity contribution in [3.8, 4) is 0 Å². The Morgan fingerprint density at radius 3 is 2.81 bits per heavy atom. The zero-order valence-electron chi connectivity index (χ0n) is 10.1. The Hall–Kier alpha value is -0.320. The number of ether oxygens (including phenoxy) is 1. The number of carbonyl (C=O) groups is 1. The molecule has 3 unspecified atom stereocenters. The maximum atomic E-state index is 11.7. The van der Waals surface area contributed by atoms with E-state index in [-0.39, 0.29) is 30.5 Å². The zero-order chi connectivity index (χ0) is 11.3. The van der Waals surface area contributed by atoms with E-state index in [4.69, 9.17) is 10.5 Å². The summed E-state index contributed by atoms with van der Waals surface area (Å²) in [6.45, 7) is 4.90. The first kappa shape index (κ1) is 15.7. The lowest BCUT2D eigenvalue weighted by atomic mass is 10.0. The molecule has 4 nitrogen and oxygen atoms in total. The largest absolute Gasteiger partial charge is 0.369 e. The van der Waals surface area contributed by atoms with E-state index in [9.17, 15) is 4.79 Å². The molecule has 0 aromatic carbocycles. The second-order valence-electron chi connectivity index (χ2n) is 4.14. The van der Waals surface area contributed by atoms with Crippen LogP contribution in [0.5, 0.6) is 0 Å². The number of nitrogens with two attached hydrogens (primary N) is 1. The van der Waals surface area contributed by atoms with Gasteiger partial charge in [0.25, 0.3) is 0 Å². The molecule has 0 aromatic rings. The Morgan fingerprint density at radius 2 is 2.25 bits per heavy atom. The highest BCUT2D eigenvalue weighted by Gasteiger charge is 2.28. The van der Waals surface area contributed by atoms with Crippen molar-refractivity contribution < 1.29 is 9.53 Å². The SMILES string of the molecule is CCOC(C)C(=O)NC1CCCC1CN.Cl. The van der Waals surface area contributed by atoms with Crippen LogP contribution in [0, 0.1) is 5.92 Å². The zero-order valence-corrected chi connectivity index (χ0v) is 10.9. The fourth-order valence-electron chi connectivity index (χ4n) is 2.13. The number of carbonyl (C=O) groups excluding carboxylic acids is 1. The van der Waals surface area contributed by atoms with Crippen LogP contribution < -0.4 is 11.1 Å². The molecule has 3 atom stereocenters. The van der Waals surface area contributed by atoms with Gasteiger partial charge in [0.1, 0.15) is 6.10 Å². The van der Waals surface area contributed by atoms with Crippen molar-refractivity contribution in [2.24, 2.45) is 11.7 Å². The highest BCUT2D eigenvalue weighted by molar-refractivity contribution is 5.85. The Kier molecular flexibility index (Phi) is 7.72. The van der Waals surface area contributed by atoms with Crippen molar-refractivity contribution in [3.05, 3.63) is 0 Å². The van der Waals surface area contributed by atoms with Crippen LogP contribution in [0.2, 0.25) is 0 Å². The molecule has 0 heterocycles. The topological polar surface area (TPSA) is 64.3 Å². The van der Waals surface area contributed by atoms with E-state index < -0.39 is 0 Å². The van der Waals surface area contributed by atoms with Crippen LogP contribution in [0.3, 0.4) is 0 Å². The first-order chi connectivity index (χ1) is 7.19. The van der Waals surface area contributed by atoms with Crippen LogP contribution in [0.4, 0.5) is 0 Å². The van der Waals surface area contributed by atoms with E-state index in [2.05, 4.69) is 5.32 Å². The van der Waals surface area contributed by atoms with Crippen LogP contribution in [-0.4, -0.2) is 31.2 Å². The van der Waals surface area contributed by atoms with Gasteiger partial charge >= 0.3 is 0 Å². The Morgan fingerprint density at radius 1 is 1.56 bits per heavy atom. The van der Waals surface area contributed by atoms with E-state index in [0.29, 0.717) is 19.1 Å². The van der Waals surface area contributed by atoms with Crippen LogP contribution in [0.15, 0.2) is 0 Å². The van der Waals surface area contributed by atoms with Crippen LogP contribution in [0.25, 0.3) is 0 Å². The maximum Gasteiger partial charge on any atom is 0.249 e. The molecule has 1 fully saturated rings. The van der Waals surface area contributed by atoms with Gasteiger partial charge in [-0.15, -0.1) is 12.4 Å². The molecule has 1 amide bonds. The van der Waals surface area contributed by atoms with E-state index in [1.54, 1.807) is 6.92 Å². The summed E-state index contributed by atoms with van der Waals surface area (Å²) in [5.74, 6) is 0.435. The molecule has 16 heavy (non-hydrogen) atoms. The van der Waals surface area contributed by atoms with Gasteiger partial charge in [0.15, 0.2) is 0 Å². The van der Waals surface area contributed by atoms with Gasteiger partial charge in [0, 0.05) is 12.6 Å². The molecule has 1 aliphatic rings. The first-order valence-corrected chi connectivity index (χ1v) is 5.81. The summed E-state index contributed by atoms with van der Waals surface area (Å²) in [7, 11) is 0.